The van der Waals surface area contributed by atoms with Crippen molar-refractivity contribution in [3.63, 3.8) is 0 Å². The number of nitrogens with one attached hydrogen (secondary N) is 2. The Morgan fingerprint density at radius 3 is 2.66 bits per heavy atom. The first-order valence-corrected chi connectivity index (χ1v) is 9.80. The highest BCUT2D eigenvalue weighted by molar-refractivity contribution is 5.82. The molecule has 0 bridgehead atoms. The number of H-pyrrole nitrogens is 1. The fourth-order valence-electron chi connectivity index (χ4n) is 3.74. The van der Waals surface area contributed by atoms with E-state index in [9.17, 15) is 14.4 Å². The maximum absolute atomic E-state index is 13.1. The molecule has 1 aliphatic rings. The van der Waals surface area contributed by atoms with Crippen molar-refractivity contribution < 1.29 is 9.53 Å². The van der Waals surface area contributed by atoms with Crippen molar-refractivity contribution in [2.24, 2.45) is 0 Å². The second-order valence-corrected chi connectivity index (χ2v) is 7.24. The van der Waals surface area contributed by atoms with E-state index in [-0.39, 0.29) is 18.4 Å². The van der Waals surface area contributed by atoms with Gasteiger partial charge in [0.25, 0.3) is 5.56 Å². The van der Waals surface area contributed by atoms with Gasteiger partial charge in [-0.1, -0.05) is 42.5 Å². The molecule has 7 heteroatoms. The Morgan fingerprint density at radius 1 is 1.14 bits per heavy atom. The summed E-state index contributed by atoms with van der Waals surface area (Å²) in [7, 11) is 0. The summed E-state index contributed by atoms with van der Waals surface area (Å²) in [4.78, 5) is 41.6. The number of aromatic amines is 1. The number of aromatic nitrogens is 2. The lowest BCUT2D eigenvalue weighted by Crippen LogP contribution is -2.46. The zero-order valence-corrected chi connectivity index (χ0v) is 16.0. The number of rotatable bonds is 6. The quantitative estimate of drug-likeness (QED) is 0.668. The molecule has 1 fully saturated rings. The van der Waals surface area contributed by atoms with E-state index < -0.39 is 17.3 Å². The first kappa shape index (κ1) is 19.1. The van der Waals surface area contributed by atoms with Crippen molar-refractivity contribution in [2.45, 2.75) is 31.4 Å². The summed E-state index contributed by atoms with van der Waals surface area (Å²) >= 11 is 0. The van der Waals surface area contributed by atoms with Crippen LogP contribution in [0.5, 0.6) is 0 Å². The Labute approximate surface area is 167 Å². The number of hydrogen-bond acceptors (Lipinski definition) is 4. The van der Waals surface area contributed by atoms with Crippen molar-refractivity contribution in [2.75, 3.05) is 13.2 Å². The number of carbonyl (C=O) groups is 1. The molecule has 0 aliphatic carbocycles. The zero-order valence-electron chi connectivity index (χ0n) is 16.0. The third-order valence-corrected chi connectivity index (χ3v) is 5.25. The van der Waals surface area contributed by atoms with Crippen molar-refractivity contribution >= 4 is 16.8 Å². The van der Waals surface area contributed by atoms with Gasteiger partial charge in [-0.2, -0.15) is 0 Å². The van der Waals surface area contributed by atoms with Gasteiger partial charge in [0.1, 0.15) is 6.04 Å². The van der Waals surface area contributed by atoms with Crippen LogP contribution in [0.2, 0.25) is 0 Å². The summed E-state index contributed by atoms with van der Waals surface area (Å²) in [6.07, 6.45) is 2.07. The molecular formula is C22H23N3O4. The standard InChI is InChI=1S/C22H23N3O4/c26-20(23-14-16-9-6-12-29-16)19(13-15-7-2-1-3-8-15)25-21(27)17-10-4-5-11-18(17)24-22(25)28/h1-5,7-8,10-11,16,19H,6,9,12-14H2,(H,23,26)(H,24,28). The van der Waals surface area contributed by atoms with Crippen molar-refractivity contribution in [3.8, 4) is 0 Å². The molecule has 1 aromatic heterocycles. The summed E-state index contributed by atoms with van der Waals surface area (Å²) in [5.74, 6) is -0.368. The third kappa shape index (κ3) is 4.14. The lowest BCUT2D eigenvalue weighted by molar-refractivity contribution is -0.125. The second kappa shape index (κ2) is 8.45. The molecule has 1 saturated heterocycles. The van der Waals surface area contributed by atoms with Gasteiger partial charge >= 0.3 is 5.69 Å². The minimum absolute atomic E-state index is 0.0251. The van der Waals surface area contributed by atoms with Gasteiger partial charge in [0.05, 0.1) is 17.0 Å². The Morgan fingerprint density at radius 2 is 1.90 bits per heavy atom. The van der Waals surface area contributed by atoms with E-state index in [2.05, 4.69) is 10.3 Å². The summed E-state index contributed by atoms with van der Waals surface area (Å²) < 4.78 is 6.59. The number of nitrogens with zero attached hydrogens (tertiary/aromatic N) is 1. The maximum atomic E-state index is 13.1. The fraction of sp³-hybridized carbons (Fsp3) is 0.318. The first-order chi connectivity index (χ1) is 14.1. The van der Waals surface area contributed by atoms with E-state index in [1.54, 1.807) is 24.3 Å². The summed E-state index contributed by atoms with van der Waals surface area (Å²) in [5.41, 5.74) is 0.251. The van der Waals surface area contributed by atoms with Crippen LogP contribution in [0.1, 0.15) is 24.4 Å². The molecule has 29 heavy (non-hydrogen) atoms. The molecule has 0 saturated carbocycles. The normalized spacial score (nSPS) is 17.3. The SMILES string of the molecule is O=C(NCC1CCCO1)C(Cc1ccccc1)n1c(=O)[nH]c2ccccc2c1=O. The van der Waals surface area contributed by atoms with E-state index in [4.69, 9.17) is 4.74 Å². The summed E-state index contributed by atoms with van der Waals surface area (Å²) in [6, 6.07) is 15.2. The molecule has 0 spiro atoms. The molecule has 4 rings (SSSR count). The molecule has 3 aromatic rings. The van der Waals surface area contributed by atoms with E-state index in [1.165, 1.54) is 0 Å². The Hall–Kier alpha value is -3.19. The molecule has 150 valence electrons. The van der Waals surface area contributed by atoms with Crippen LogP contribution in [-0.4, -0.2) is 34.7 Å². The van der Waals surface area contributed by atoms with Gasteiger partial charge in [0, 0.05) is 19.6 Å². The highest BCUT2D eigenvalue weighted by atomic mass is 16.5. The zero-order chi connectivity index (χ0) is 20.2. The van der Waals surface area contributed by atoms with Crippen LogP contribution in [0.15, 0.2) is 64.2 Å². The molecule has 2 aromatic carbocycles. The van der Waals surface area contributed by atoms with Gasteiger partial charge < -0.3 is 15.0 Å². The maximum Gasteiger partial charge on any atom is 0.329 e. The average molecular weight is 393 g/mol. The number of carbonyl (C=O) groups excluding carboxylic acids is 1. The van der Waals surface area contributed by atoms with Crippen molar-refractivity contribution in [3.05, 3.63) is 81.0 Å². The van der Waals surface area contributed by atoms with Gasteiger partial charge in [-0.3, -0.25) is 9.59 Å². The Kier molecular flexibility index (Phi) is 5.57. The summed E-state index contributed by atoms with van der Waals surface area (Å²) in [5, 5.41) is 3.24. The van der Waals surface area contributed by atoms with Crippen molar-refractivity contribution in [1.82, 2.24) is 14.9 Å². The van der Waals surface area contributed by atoms with Gasteiger partial charge in [-0.05, 0) is 30.5 Å². The molecule has 1 aliphatic heterocycles. The third-order valence-electron chi connectivity index (χ3n) is 5.25. The molecule has 2 unspecified atom stereocenters. The minimum Gasteiger partial charge on any atom is -0.376 e. The van der Waals surface area contributed by atoms with Gasteiger partial charge in [-0.25, -0.2) is 9.36 Å². The van der Waals surface area contributed by atoms with Gasteiger partial charge in [0.2, 0.25) is 5.91 Å². The van der Waals surface area contributed by atoms with Crippen LogP contribution in [0.25, 0.3) is 10.9 Å². The minimum atomic E-state index is -0.959. The molecular weight excluding hydrogens is 370 g/mol. The number of ether oxygens (including phenoxy) is 1. The number of benzene rings is 2. The second-order valence-electron chi connectivity index (χ2n) is 7.24. The predicted octanol–water partition coefficient (Wildman–Crippen LogP) is 1.77. The first-order valence-electron chi connectivity index (χ1n) is 9.80. The molecule has 7 nitrogen and oxygen atoms in total. The lowest BCUT2D eigenvalue weighted by atomic mass is 10.0. The smallest absolute Gasteiger partial charge is 0.329 e. The number of hydrogen-bond donors (Lipinski definition) is 2. The van der Waals surface area contributed by atoms with Crippen LogP contribution in [0.4, 0.5) is 0 Å². The monoisotopic (exact) mass is 393 g/mol. The predicted molar refractivity (Wildman–Crippen MR) is 110 cm³/mol. The van der Waals surface area contributed by atoms with E-state index in [0.29, 0.717) is 24.1 Å². The van der Waals surface area contributed by atoms with Crippen LogP contribution in [0, 0.1) is 0 Å². The highest BCUT2D eigenvalue weighted by Gasteiger charge is 2.26. The Balaban J connectivity index is 1.71. The van der Waals surface area contributed by atoms with Crippen LogP contribution >= 0.6 is 0 Å². The fourth-order valence-corrected chi connectivity index (χ4v) is 3.74. The van der Waals surface area contributed by atoms with E-state index >= 15 is 0 Å². The van der Waals surface area contributed by atoms with Crippen LogP contribution < -0.4 is 16.6 Å². The van der Waals surface area contributed by atoms with Crippen LogP contribution in [-0.2, 0) is 16.0 Å². The molecule has 2 atom stereocenters. The van der Waals surface area contributed by atoms with E-state index in [0.717, 1.165) is 23.0 Å². The molecule has 1 amide bonds. The average Bonchev–Trinajstić information content (AvgIpc) is 3.26. The number of para-hydroxylation sites is 1. The van der Waals surface area contributed by atoms with Crippen LogP contribution in [0.3, 0.4) is 0 Å². The number of fused-ring (bicyclic) bond motifs is 1. The van der Waals surface area contributed by atoms with E-state index in [1.807, 2.05) is 30.3 Å². The highest BCUT2D eigenvalue weighted by Crippen LogP contribution is 2.15. The summed E-state index contributed by atoms with van der Waals surface area (Å²) in [6.45, 7) is 1.06. The van der Waals surface area contributed by atoms with Crippen molar-refractivity contribution in [1.29, 1.82) is 0 Å². The lowest BCUT2D eigenvalue weighted by Gasteiger charge is -2.20. The Bertz CT molecular complexity index is 1110. The topological polar surface area (TPSA) is 93.2 Å². The molecule has 0 radical (unpaired) electrons. The largest absolute Gasteiger partial charge is 0.376 e. The van der Waals surface area contributed by atoms with Gasteiger partial charge in [-0.15, -0.1) is 0 Å². The molecule has 2 heterocycles. The molecule has 2 N–H and O–H groups in total. The number of amides is 1. The van der Waals surface area contributed by atoms with Gasteiger partial charge in [0.15, 0.2) is 0 Å².